The zero-order valence-corrected chi connectivity index (χ0v) is 13.3. The minimum absolute atomic E-state index is 0.111. The summed E-state index contributed by atoms with van der Waals surface area (Å²) >= 11 is 3.39. The van der Waals surface area contributed by atoms with Crippen LogP contribution < -0.4 is 5.32 Å². The molecule has 20 heavy (non-hydrogen) atoms. The summed E-state index contributed by atoms with van der Waals surface area (Å²) in [6.07, 6.45) is 2.43. The first kappa shape index (κ1) is 14.8. The van der Waals surface area contributed by atoms with E-state index in [9.17, 15) is 4.79 Å². The van der Waals surface area contributed by atoms with Crippen LogP contribution in [0.5, 0.6) is 0 Å². The number of carbonyl (C=O) groups excluding carboxylic acids is 1. The SMILES string of the molecule is Cc1noc(CCNC(=O)c2cc(Br)cn2C(C)C)n1. The van der Waals surface area contributed by atoms with Gasteiger partial charge in [-0.05, 0) is 42.8 Å². The van der Waals surface area contributed by atoms with Gasteiger partial charge in [-0.15, -0.1) is 0 Å². The number of nitrogens with one attached hydrogen (secondary N) is 1. The van der Waals surface area contributed by atoms with Gasteiger partial charge in [-0.2, -0.15) is 4.98 Å². The number of hydrogen-bond donors (Lipinski definition) is 1. The largest absolute Gasteiger partial charge is 0.350 e. The maximum absolute atomic E-state index is 12.2. The molecule has 108 valence electrons. The van der Waals surface area contributed by atoms with Crippen molar-refractivity contribution in [1.29, 1.82) is 0 Å². The van der Waals surface area contributed by atoms with Gasteiger partial charge in [-0.25, -0.2) is 0 Å². The summed E-state index contributed by atoms with van der Waals surface area (Å²) in [5.41, 5.74) is 0.633. The Labute approximate surface area is 125 Å². The molecular weight excluding hydrogens is 324 g/mol. The van der Waals surface area contributed by atoms with Gasteiger partial charge in [0, 0.05) is 29.7 Å². The van der Waals surface area contributed by atoms with Gasteiger partial charge in [0.2, 0.25) is 5.89 Å². The predicted molar refractivity (Wildman–Crippen MR) is 77.6 cm³/mol. The van der Waals surface area contributed by atoms with Gasteiger partial charge in [0.05, 0.1) is 0 Å². The summed E-state index contributed by atoms with van der Waals surface area (Å²) in [7, 11) is 0. The molecule has 2 rings (SSSR count). The molecule has 0 saturated carbocycles. The lowest BCUT2D eigenvalue weighted by Crippen LogP contribution is -2.28. The molecule has 0 bridgehead atoms. The first-order chi connectivity index (χ1) is 9.47. The zero-order chi connectivity index (χ0) is 14.7. The molecule has 0 unspecified atom stereocenters. The molecule has 0 atom stereocenters. The fraction of sp³-hybridized carbons (Fsp3) is 0.462. The van der Waals surface area contributed by atoms with Crippen LogP contribution in [0, 0.1) is 6.92 Å². The Morgan fingerprint density at radius 1 is 1.55 bits per heavy atom. The lowest BCUT2D eigenvalue weighted by molar-refractivity contribution is 0.0942. The van der Waals surface area contributed by atoms with Crippen molar-refractivity contribution in [3.05, 3.63) is 34.1 Å². The van der Waals surface area contributed by atoms with E-state index in [0.717, 1.165) is 4.47 Å². The maximum Gasteiger partial charge on any atom is 0.267 e. The van der Waals surface area contributed by atoms with Crippen molar-refractivity contribution < 1.29 is 9.32 Å². The van der Waals surface area contributed by atoms with Crippen molar-refractivity contribution in [3.63, 3.8) is 0 Å². The molecule has 2 heterocycles. The normalized spacial score (nSPS) is 11.1. The Morgan fingerprint density at radius 3 is 2.90 bits per heavy atom. The summed E-state index contributed by atoms with van der Waals surface area (Å²) in [5, 5.41) is 6.56. The van der Waals surface area contributed by atoms with E-state index in [2.05, 4.69) is 31.4 Å². The van der Waals surface area contributed by atoms with E-state index in [4.69, 9.17) is 4.52 Å². The van der Waals surface area contributed by atoms with Crippen LogP contribution in [-0.4, -0.2) is 27.2 Å². The number of carbonyl (C=O) groups is 1. The predicted octanol–water partition coefficient (Wildman–Crippen LogP) is 2.50. The average molecular weight is 341 g/mol. The second kappa shape index (κ2) is 6.21. The van der Waals surface area contributed by atoms with Crippen molar-refractivity contribution in [3.8, 4) is 0 Å². The highest BCUT2D eigenvalue weighted by atomic mass is 79.9. The number of hydrogen-bond acceptors (Lipinski definition) is 4. The van der Waals surface area contributed by atoms with E-state index >= 15 is 0 Å². The molecule has 1 amide bonds. The number of aromatic nitrogens is 3. The smallest absolute Gasteiger partial charge is 0.267 e. The summed E-state index contributed by atoms with van der Waals surface area (Å²) in [6, 6.07) is 2.03. The number of aryl methyl sites for hydroxylation is 1. The molecule has 0 saturated heterocycles. The van der Waals surface area contributed by atoms with Crippen LogP contribution in [0.3, 0.4) is 0 Å². The first-order valence-corrected chi connectivity index (χ1v) is 7.21. The minimum atomic E-state index is -0.111. The zero-order valence-electron chi connectivity index (χ0n) is 11.7. The molecule has 2 aromatic heterocycles. The number of rotatable bonds is 5. The summed E-state index contributed by atoms with van der Waals surface area (Å²) in [5.74, 6) is 1.02. The second-order valence-corrected chi connectivity index (χ2v) is 5.70. The molecule has 0 aliphatic rings. The summed E-state index contributed by atoms with van der Waals surface area (Å²) in [4.78, 5) is 16.2. The van der Waals surface area contributed by atoms with Gasteiger partial charge in [0.25, 0.3) is 5.91 Å². The Hall–Kier alpha value is -1.63. The Kier molecular flexibility index (Phi) is 4.59. The van der Waals surface area contributed by atoms with E-state index < -0.39 is 0 Å². The maximum atomic E-state index is 12.2. The van der Waals surface area contributed by atoms with Crippen LogP contribution in [0.15, 0.2) is 21.3 Å². The molecule has 0 fully saturated rings. The Balaban J connectivity index is 1.95. The topological polar surface area (TPSA) is 73.0 Å². The molecule has 0 aliphatic heterocycles. The van der Waals surface area contributed by atoms with Crippen molar-refractivity contribution >= 4 is 21.8 Å². The second-order valence-electron chi connectivity index (χ2n) is 4.79. The molecule has 7 heteroatoms. The van der Waals surface area contributed by atoms with Gasteiger partial charge in [-0.1, -0.05) is 5.16 Å². The van der Waals surface area contributed by atoms with Crippen LogP contribution in [-0.2, 0) is 6.42 Å². The molecule has 6 nitrogen and oxygen atoms in total. The number of nitrogens with zero attached hydrogens (tertiary/aromatic N) is 3. The molecule has 2 aromatic rings. The highest BCUT2D eigenvalue weighted by molar-refractivity contribution is 9.10. The molecule has 0 spiro atoms. The van der Waals surface area contributed by atoms with Gasteiger partial charge >= 0.3 is 0 Å². The molecule has 0 aromatic carbocycles. The molecule has 0 aliphatic carbocycles. The first-order valence-electron chi connectivity index (χ1n) is 6.42. The van der Waals surface area contributed by atoms with Crippen molar-refractivity contribution in [1.82, 2.24) is 20.0 Å². The molecule has 0 radical (unpaired) electrons. The van der Waals surface area contributed by atoms with Crippen molar-refractivity contribution in [2.24, 2.45) is 0 Å². The van der Waals surface area contributed by atoms with E-state index in [1.165, 1.54) is 0 Å². The number of halogens is 1. The number of amides is 1. The average Bonchev–Trinajstić information content (AvgIpc) is 2.95. The fourth-order valence-corrected chi connectivity index (χ4v) is 2.31. The summed E-state index contributed by atoms with van der Waals surface area (Å²) in [6.45, 7) is 6.29. The lowest BCUT2D eigenvalue weighted by atomic mass is 10.3. The van der Waals surface area contributed by atoms with E-state index in [-0.39, 0.29) is 11.9 Å². The third-order valence-corrected chi connectivity index (χ3v) is 3.23. The fourth-order valence-electron chi connectivity index (χ4n) is 1.87. The van der Waals surface area contributed by atoms with Crippen LogP contribution in [0.2, 0.25) is 0 Å². The van der Waals surface area contributed by atoms with Crippen LogP contribution in [0.1, 0.15) is 42.1 Å². The summed E-state index contributed by atoms with van der Waals surface area (Å²) < 4.78 is 7.81. The molecule has 1 N–H and O–H groups in total. The van der Waals surface area contributed by atoms with Crippen LogP contribution in [0.4, 0.5) is 0 Å². The van der Waals surface area contributed by atoms with E-state index in [0.29, 0.717) is 30.4 Å². The van der Waals surface area contributed by atoms with Gasteiger partial charge in [0.1, 0.15) is 5.69 Å². The van der Waals surface area contributed by atoms with Gasteiger partial charge in [0.15, 0.2) is 5.82 Å². The third-order valence-electron chi connectivity index (χ3n) is 2.80. The Bertz CT molecular complexity index is 603. The van der Waals surface area contributed by atoms with E-state index in [1.807, 2.05) is 30.7 Å². The highest BCUT2D eigenvalue weighted by Gasteiger charge is 2.14. The van der Waals surface area contributed by atoms with Crippen LogP contribution >= 0.6 is 15.9 Å². The minimum Gasteiger partial charge on any atom is -0.350 e. The van der Waals surface area contributed by atoms with Crippen molar-refractivity contribution in [2.75, 3.05) is 6.54 Å². The van der Waals surface area contributed by atoms with Crippen molar-refractivity contribution in [2.45, 2.75) is 33.2 Å². The molecular formula is C13H17BrN4O2. The third kappa shape index (κ3) is 3.47. The van der Waals surface area contributed by atoms with Gasteiger partial charge < -0.3 is 14.4 Å². The van der Waals surface area contributed by atoms with Gasteiger partial charge in [-0.3, -0.25) is 4.79 Å². The quantitative estimate of drug-likeness (QED) is 0.907. The standard InChI is InChI=1S/C13H17BrN4O2/c1-8(2)18-7-10(14)6-11(18)13(19)15-5-4-12-16-9(3)17-20-12/h6-8H,4-5H2,1-3H3,(H,15,19). The van der Waals surface area contributed by atoms with E-state index in [1.54, 1.807) is 6.92 Å². The highest BCUT2D eigenvalue weighted by Crippen LogP contribution is 2.19. The Morgan fingerprint density at radius 2 is 2.30 bits per heavy atom. The lowest BCUT2D eigenvalue weighted by Gasteiger charge is -2.12. The van der Waals surface area contributed by atoms with Crippen LogP contribution in [0.25, 0.3) is 0 Å². The monoisotopic (exact) mass is 340 g/mol.